The van der Waals surface area contributed by atoms with Crippen LogP contribution in [0.5, 0.6) is 0 Å². The van der Waals surface area contributed by atoms with Gasteiger partial charge in [-0.05, 0) is 25.0 Å². The van der Waals surface area contributed by atoms with E-state index in [1.165, 1.54) is 5.75 Å². The molecule has 1 atom stereocenters. The molecule has 1 fully saturated rings. The minimum atomic E-state index is 0.702. The highest BCUT2D eigenvalue weighted by atomic mass is 32.2. The Morgan fingerprint density at radius 3 is 3.05 bits per heavy atom. The van der Waals surface area contributed by atoms with Crippen molar-refractivity contribution in [2.45, 2.75) is 32.4 Å². The third-order valence-corrected chi connectivity index (χ3v) is 5.37. The van der Waals surface area contributed by atoms with Gasteiger partial charge in [-0.25, -0.2) is 0 Å². The summed E-state index contributed by atoms with van der Waals surface area (Å²) in [7, 11) is 0. The molecule has 0 saturated carbocycles. The molecule has 22 heavy (non-hydrogen) atoms. The van der Waals surface area contributed by atoms with E-state index in [4.69, 9.17) is 4.99 Å². The Balaban J connectivity index is 1.94. The molecule has 5 heteroatoms. The van der Waals surface area contributed by atoms with Crippen molar-refractivity contribution in [1.82, 2.24) is 15.2 Å². The van der Waals surface area contributed by atoms with E-state index < -0.39 is 0 Å². The van der Waals surface area contributed by atoms with Crippen LogP contribution in [0.15, 0.2) is 29.4 Å². The zero-order valence-corrected chi connectivity index (χ0v) is 14.8. The first-order valence-electron chi connectivity index (χ1n) is 8.25. The average molecular weight is 321 g/mol. The quantitative estimate of drug-likeness (QED) is 0.669. The van der Waals surface area contributed by atoms with Crippen LogP contribution >= 0.6 is 11.8 Å². The topological polar surface area (TPSA) is 40.5 Å². The maximum atomic E-state index is 4.81. The highest BCUT2D eigenvalue weighted by Gasteiger charge is 2.24. The molecule has 122 valence electrons. The smallest absolute Gasteiger partial charge is 0.193 e. The number of aromatic nitrogens is 1. The van der Waals surface area contributed by atoms with Gasteiger partial charge in [-0.2, -0.15) is 11.8 Å². The van der Waals surface area contributed by atoms with E-state index >= 15 is 0 Å². The fraction of sp³-hybridized carbons (Fsp3) is 0.647. The highest BCUT2D eigenvalue weighted by molar-refractivity contribution is 8.00. The van der Waals surface area contributed by atoms with Crippen LogP contribution in [0.1, 0.15) is 26.5 Å². The molecule has 0 aliphatic carbocycles. The van der Waals surface area contributed by atoms with Crippen molar-refractivity contribution in [3.05, 3.63) is 30.1 Å². The van der Waals surface area contributed by atoms with Crippen molar-refractivity contribution in [3.8, 4) is 0 Å². The molecule has 0 radical (unpaired) electrons. The van der Waals surface area contributed by atoms with Crippen LogP contribution in [0.2, 0.25) is 0 Å². The maximum absolute atomic E-state index is 4.81. The average Bonchev–Trinajstić information content (AvgIpc) is 2.55. The molecule has 0 amide bonds. The van der Waals surface area contributed by atoms with Crippen LogP contribution in [0.25, 0.3) is 0 Å². The summed E-state index contributed by atoms with van der Waals surface area (Å²) in [5.41, 5.74) is 1.11. The molecule has 1 unspecified atom stereocenters. The van der Waals surface area contributed by atoms with Gasteiger partial charge in [0.25, 0.3) is 0 Å². The number of rotatable bonds is 5. The molecule has 0 spiro atoms. The predicted molar refractivity (Wildman–Crippen MR) is 96.6 cm³/mol. The van der Waals surface area contributed by atoms with E-state index in [1.54, 1.807) is 0 Å². The van der Waals surface area contributed by atoms with E-state index in [9.17, 15) is 0 Å². The molecular formula is C17H28N4S. The van der Waals surface area contributed by atoms with Crippen LogP contribution in [0.3, 0.4) is 0 Å². The van der Waals surface area contributed by atoms with E-state index in [2.05, 4.69) is 53.8 Å². The number of nitrogens with zero attached hydrogens (tertiary/aromatic N) is 3. The number of pyridine rings is 1. The monoisotopic (exact) mass is 320 g/mol. The van der Waals surface area contributed by atoms with Gasteiger partial charge in [-0.3, -0.25) is 9.98 Å². The molecule has 1 aliphatic rings. The first kappa shape index (κ1) is 17.1. The molecule has 0 bridgehead atoms. The molecule has 4 nitrogen and oxygen atoms in total. The summed E-state index contributed by atoms with van der Waals surface area (Å²) in [5.74, 6) is 2.96. The molecule has 2 rings (SSSR count). The Morgan fingerprint density at radius 1 is 1.50 bits per heavy atom. The van der Waals surface area contributed by atoms with Crippen molar-refractivity contribution in [3.63, 3.8) is 0 Å². The lowest BCUT2D eigenvalue weighted by Gasteiger charge is -2.36. The summed E-state index contributed by atoms with van der Waals surface area (Å²) in [6.07, 6.45) is 2.74. The summed E-state index contributed by atoms with van der Waals surface area (Å²) in [6.45, 7) is 10.6. The minimum Gasteiger partial charge on any atom is -0.357 e. The van der Waals surface area contributed by atoms with Crippen LogP contribution in [-0.2, 0) is 6.42 Å². The summed E-state index contributed by atoms with van der Waals surface area (Å²) >= 11 is 2.10. The second-order valence-corrected chi connectivity index (χ2v) is 7.25. The van der Waals surface area contributed by atoms with Gasteiger partial charge in [-0.1, -0.05) is 19.9 Å². The molecule has 1 saturated heterocycles. The Hall–Kier alpha value is -1.23. The minimum absolute atomic E-state index is 0.702. The zero-order valence-electron chi connectivity index (χ0n) is 14.0. The Morgan fingerprint density at radius 2 is 2.36 bits per heavy atom. The number of guanidine groups is 1. The summed E-state index contributed by atoms with van der Waals surface area (Å²) < 4.78 is 0. The fourth-order valence-electron chi connectivity index (χ4n) is 2.52. The van der Waals surface area contributed by atoms with Gasteiger partial charge in [0.1, 0.15) is 0 Å². The van der Waals surface area contributed by atoms with Crippen LogP contribution in [-0.4, -0.2) is 53.0 Å². The first-order valence-corrected chi connectivity index (χ1v) is 9.30. The zero-order chi connectivity index (χ0) is 15.8. The molecule has 1 aliphatic heterocycles. The lowest BCUT2D eigenvalue weighted by atomic mass is 10.1. The van der Waals surface area contributed by atoms with Crippen molar-refractivity contribution >= 4 is 17.7 Å². The van der Waals surface area contributed by atoms with E-state index in [1.807, 2.05) is 18.3 Å². The van der Waals surface area contributed by atoms with Gasteiger partial charge in [0.2, 0.25) is 0 Å². The normalized spacial score (nSPS) is 19.5. The Bertz CT molecular complexity index is 461. The number of thioether (sulfide) groups is 1. The van der Waals surface area contributed by atoms with Gasteiger partial charge in [0, 0.05) is 55.5 Å². The SMILES string of the molecule is CCNC(=NCCc1ccccn1)N1CCSC(C(C)C)C1. The predicted octanol–water partition coefficient (Wildman–Crippen LogP) is 2.66. The van der Waals surface area contributed by atoms with Gasteiger partial charge >= 0.3 is 0 Å². The number of hydrogen-bond acceptors (Lipinski definition) is 3. The largest absolute Gasteiger partial charge is 0.357 e. The number of nitrogens with one attached hydrogen (secondary N) is 1. The molecular weight excluding hydrogens is 292 g/mol. The Labute approximate surface area is 138 Å². The van der Waals surface area contributed by atoms with Crippen molar-refractivity contribution < 1.29 is 0 Å². The lowest BCUT2D eigenvalue weighted by molar-refractivity contribution is 0.381. The molecule has 2 heterocycles. The fourth-order valence-corrected chi connectivity index (χ4v) is 3.82. The summed E-state index contributed by atoms with van der Waals surface area (Å²) in [5, 5.41) is 4.15. The van der Waals surface area contributed by atoms with E-state index in [0.717, 1.165) is 44.3 Å². The van der Waals surface area contributed by atoms with E-state index in [-0.39, 0.29) is 0 Å². The second kappa shape index (κ2) is 9.03. The van der Waals surface area contributed by atoms with Gasteiger partial charge in [0.05, 0.1) is 0 Å². The third-order valence-electron chi connectivity index (χ3n) is 3.83. The van der Waals surface area contributed by atoms with Gasteiger partial charge in [-0.15, -0.1) is 0 Å². The van der Waals surface area contributed by atoms with Crippen LogP contribution in [0.4, 0.5) is 0 Å². The van der Waals surface area contributed by atoms with Crippen LogP contribution < -0.4 is 5.32 Å². The van der Waals surface area contributed by atoms with Gasteiger partial charge in [0.15, 0.2) is 5.96 Å². The highest BCUT2D eigenvalue weighted by Crippen LogP contribution is 2.24. The van der Waals surface area contributed by atoms with Gasteiger partial charge < -0.3 is 10.2 Å². The van der Waals surface area contributed by atoms with E-state index in [0.29, 0.717) is 11.2 Å². The maximum Gasteiger partial charge on any atom is 0.193 e. The third kappa shape index (κ3) is 5.20. The molecule has 0 aromatic carbocycles. The second-order valence-electron chi connectivity index (χ2n) is 5.91. The van der Waals surface area contributed by atoms with Crippen molar-refractivity contribution in [2.24, 2.45) is 10.9 Å². The summed E-state index contributed by atoms with van der Waals surface area (Å²) in [6, 6.07) is 6.05. The first-order chi connectivity index (χ1) is 10.7. The number of hydrogen-bond donors (Lipinski definition) is 1. The molecule has 1 aromatic heterocycles. The van der Waals surface area contributed by atoms with Crippen LogP contribution in [0, 0.1) is 5.92 Å². The standard InChI is InChI=1S/C17H28N4S/c1-4-18-17(20-10-8-15-7-5-6-9-19-15)21-11-12-22-16(13-21)14(2)3/h5-7,9,14,16H,4,8,10-13H2,1-3H3,(H,18,20). The molecule has 1 aromatic rings. The lowest BCUT2D eigenvalue weighted by Crippen LogP contribution is -2.49. The molecule has 1 N–H and O–H groups in total. The number of aliphatic imine (C=N–C) groups is 1. The van der Waals surface area contributed by atoms with Crippen molar-refractivity contribution in [2.75, 3.05) is 31.9 Å². The Kier molecular flexibility index (Phi) is 7.03. The summed E-state index contributed by atoms with van der Waals surface area (Å²) in [4.78, 5) is 11.6. The van der Waals surface area contributed by atoms with Crippen molar-refractivity contribution in [1.29, 1.82) is 0 Å².